The topological polar surface area (TPSA) is 43.1 Å². The van der Waals surface area contributed by atoms with E-state index in [-0.39, 0.29) is 10.6 Å². The normalized spacial score (nSPS) is 11.4. The van der Waals surface area contributed by atoms with Crippen LogP contribution in [0.1, 0.15) is 23.6 Å². The molecule has 17 heavy (non-hydrogen) atoms. The van der Waals surface area contributed by atoms with Crippen LogP contribution < -0.4 is 0 Å². The zero-order valence-electron chi connectivity index (χ0n) is 10.2. The van der Waals surface area contributed by atoms with Crippen molar-refractivity contribution in [1.82, 2.24) is 0 Å². The van der Waals surface area contributed by atoms with Gasteiger partial charge in [-0.2, -0.15) is 0 Å². The summed E-state index contributed by atoms with van der Waals surface area (Å²) in [6.07, 6.45) is 1.98. The maximum Gasteiger partial charge on any atom is 0.275 e. The van der Waals surface area contributed by atoms with Gasteiger partial charge in [-0.25, -0.2) is 0 Å². The van der Waals surface area contributed by atoms with E-state index in [0.29, 0.717) is 11.1 Å². The zero-order valence-corrected chi connectivity index (χ0v) is 11.0. The van der Waals surface area contributed by atoms with E-state index in [1.165, 1.54) is 11.8 Å². The van der Waals surface area contributed by atoms with Crippen molar-refractivity contribution >= 4 is 22.4 Å². The number of nitro groups is 1. The predicted molar refractivity (Wildman–Crippen MR) is 74.0 cm³/mol. The molecule has 0 fully saturated rings. The Morgan fingerprint density at radius 1 is 1.41 bits per heavy atom. The van der Waals surface area contributed by atoms with E-state index in [2.05, 4.69) is 6.58 Å². The van der Waals surface area contributed by atoms with Gasteiger partial charge in [0.1, 0.15) is 0 Å². The first-order chi connectivity index (χ1) is 8.01. The maximum atomic E-state index is 10.9. The van der Waals surface area contributed by atoms with Crippen LogP contribution in [0.3, 0.4) is 0 Å². The van der Waals surface area contributed by atoms with E-state index in [4.69, 9.17) is 0 Å². The molecule has 4 heteroatoms. The quantitative estimate of drug-likeness (QED) is 0.585. The molecule has 0 atom stereocenters. The molecule has 0 amide bonds. The van der Waals surface area contributed by atoms with E-state index >= 15 is 0 Å². The molecule has 0 aliphatic carbocycles. The molecular weight excluding hydrogens is 234 g/mol. The van der Waals surface area contributed by atoms with Crippen LogP contribution in [0.15, 0.2) is 30.2 Å². The Balaban J connectivity index is 3.31. The smallest absolute Gasteiger partial charge is 0.258 e. The van der Waals surface area contributed by atoms with E-state index in [1.807, 2.05) is 25.1 Å². The minimum Gasteiger partial charge on any atom is -0.258 e. The monoisotopic (exact) mass is 249 g/mol. The number of hydrogen-bond acceptors (Lipinski definition) is 3. The second kappa shape index (κ2) is 5.68. The molecule has 0 radical (unpaired) electrons. The van der Waals surface area contributed by atoms with Gasteiger partial charge in [0.15, 0.2) is 0 Å². The Morgan fingerprint density at radius 3 is 2.29 bits per heavy atom. The maximum absolute atomic E-state index is 10.9. The van der Waals surface area contributed by atoms with Crippen molar-refractivity contribution in [2.24, 2.45) is 0 Å². The van der Waals surface area contributed by atoms with Crippen LogP contribution in [0, 0.1) is 24.0 Å². The summed E-state index contributed by atoms with van der Waals surface area (Å²) in [5.74, 6) is 0. The molecule has 0 saturated heterocycles. The summed E-state index contributed by atoms with van der Waals surface area (Å²) in [6, 6.07) is 3.69. The second-order valence-electron chi connectivity index (χ2n) is 3.65. The van der Waals surface area contributed by atoms with Crippen LogP contribution in [0.2, 0.25) is 0 Å². The van der Waals surface area contributed by atoms with Gasteiger partial charge in [-0.05, 0) is 43.9 Å². The molecule has 0 heterocycles. The number of aryl methyl sites for hydroxylation is 2. The second-order valence-corrected chi connectivity index (χ2v) is 4.66. The number of rotatable bonds is 4. The Morgan fingerprint density at radius 2 is 1.94 bits per heavy atom. The highest BCUT2D eigenvalue weighted by molar-refractivity contribution is 8.10. The SMILES string of the molecule is C=CS/C(=C\C)c1cc(C)c([N+](=O)[O-])c(C)c1. The summed E-state index contributed by atoms with van der Waals surface area (Å²) in [5, 5.41) is 12.6. The van der Waals surface area contributed by atoms with Crippen LogP contribution in [-0.4, -0.2) is 4.92 Å². The molecule has 3 nitrogen and oxygen atoms in total. The van der Waals surface area contributed by atoms with Gasteiger partial charge in [-0.15, -0.1) is 0 Å². The first kappa shape index (κ1) is 13.5. The molecule has 0 aromatic heterocycles. The van der Waals surface area contributed by atoms with Crippen LogP contribution in [0.5, 0.6) is 0 Å². The fourth-order valence-corrected chi connectivity index (χ4v) is 2.35. The van der Waals surface area contributed by atoms with Gasteiger partial charge >= 0.3 is 0 Å². The van der Waals surface area contributed by atoms with Crippen molar-refractivity contribution < 1.29 is 4.92 Å². The number of hydrogen-bond donors (Lipinski definition) is 0. The van der Waals surface area contributed by atoms with Gasteiger partial charge in [0, 0.05) is 16.0 Å². The van der Waals surface area contributed by atoms with E-state index in [9.17, 15) is 10.1 Å². The van der Waals surface area contributed by atoms with Crippen molar-refractivity contribution in [3.05, 3.63) is 57.0 Å². The largest absolute Gasteiger partial charge is 0.275 e. The van der Waals surface area contributed by atoms with Gasteiger partial charge in [0.25, 0.3) is 5.69 Å². The van der Waals surface area contributed by atoms with Crippen LogP contribution in [-0.2, 0) is 0 Å². The summed E-state index contributed by atoms with van der Waals surface area (Å²) < 4.78 is 0. The highest BCUT2D eigenvalue weighted by atomic mass is 32.2. The highest BCUT2D eigenvalue weighted by Crippen LogP contribution is 2.33. The summed E-state index contributed by atoms with van der Waals surface area (Å²) in [4.78, 5) is 11.6. The third-order valence-corrected chi connectivity index (χ3v) is 3.32. The predicted octanol–water partition coefficient (Wildman–Crippen LogP) is 4.45. The van der Waals surface area contributed by atoms with Crippen molar-refractivity contribution in [2.75, 3.05) is 0 Å². The Bertz CT molecular complexity index is 469. The molecule has 0 bridgehead atoms. The highest BCUT2D eigenvalue weighted by Gasteiger charge is 2.16. The lowest BCUT2D eigenvalue weighted by Crippen LogP contribution is -1.96. The summed E-state index contributed by atoms with van der Waals surface area (Å²) >= 11 is 1.52. The molecule has 90 valence electrons. The summed E-state index contributed by atoms with van der Waals surface area (Å²) in [7, 11) is 0. The molecule has 0 spiro atoms. The molecule has 0 aliphatic heterocycles. The Hall–Kier alpha value is -1.55. The summed E-state index contributed by atoms with van der Waals surface area (Å²) in [6.45, 7) is 9.15. The van der Waals surface area contributed by atoms with Crippen molar-refractivity contribution in [3.63, 3.8) is 0 Å². The third-order valence-electron chi connectivity index (χ3n) is 2.43. The molecule has 1 rings (SSSR count). The van der Waals surface area contributed by atoms with E-state index in [1.54, 1.807) is 19.3 Å². The fraction of sp³-hybridized carbons (Fsp3) is 0.231. The summed E-state index contributed by atoms with van der Waals surface area (Å²) in [5.41, 5.74) is 2.58. The van der Waals surface area contributed by atoms with Gasteiger partial charge in [0.05, 0.1) is 4.92 Å². The van der Waals surface area contributed by atoms with E-state index in [0.717, 1.165) is 10.5 Å². The number of nitro benzene ring substituents is 1. The van der Waals surface area contributed by atoms with Crippen molar-refractivity contribution in [3.8, 4) is 0 Å². The minimum atomic E-state index is -0.329. The fourth-order valence-electron chi connectivity index (χ4n) is 1.78. The van der Waals surface area contributed by atoms with Gasteiger partial charge < -0.3 is 0 Å². The number of nitrogens with zero attached hydrogens (tertiary/aromatic N) is 1. The van der Waals surface area contributed by atoms with Crippen molar-refractivity contribution in [1.29, 1.82) is 0 Å². The molecule has 0 unspecified atom stereocenters. The Kier molecular flexibility index (Phi) is 4.52. The first-order valence-electron chi connectivity index (χ1n) is 5.21. The lowest BCUT2D eigenvalue weighted by Gasteiger charge is -2.08. The first-order valence-corrected chi connectivity index (χ1v) is 6.09. The molecule has 0 saturated carbocycles. The molecule has 0 aliphatic rings. The third kappa shape index (κ3) is 2.97. The molecule has 1 aromatic carbocycles. The Labute approximate surface area is 105 Å². The lowest BCUT2D eigenvalue weighted by molar-refractivity contribution is -0.386. The number of allylic oxidation sites excluding steroid dienone is 1. The molecule has 0 N–H and O–H groups in total. The average Bonchev–Trinajstić information content (AvgIpc) is 2.24. The standard InChI is InChI=1S/C13H15NO2S/c1-5-12(17-6-2)11-7-9(3)13(14(15)16)10(4)8-11/h5-8H,2H2,1,3-4H3/b12-5-. The number of thioether (sulfide) groups is 1. The molecular formula is C13H15NO2S. The lowest BCUT2D eigenvalue weighted by atomic mass is 10.0. The van der Waals surface area contributed by atoms with E-state index < -0.39 is 0 Å². The zero-order chi connectivity index (χ0) is 13.0. The van der Waals surface area contributed by atoms with Crippen LogP contribution >= 0.6 is 11.8 Å². The van der Waals surface area contributed by atoms with Gasteiger partial charge in [0.2, 0.25) is 0 Å². The minimum absolute atomic E-state index is 0.202. The molecule has 1 aromatic rings. The van der Waals surface area contributed by atoms with Crippen LogP contribution in [0.25, 0.3) is 4.91 Å². The number of benzene rings is 1. The van der Waals surface area contributed by atoms with Gasteiger partial charge in [-0.3, -0.25) is 10.1 Å². The van der Waals surface area contributed by atoms with Gasteiger partial charge in [-0.1, -0.05) is 24.4 Å². The average molecular weight is 249 g/mol. The van der Waals surface area contributed by atoms with Crippen LogP contribution in [0.4, 0.5) is 5.69 Å². The van der Waals surface area contributed by atoms with Crippen molar-refractivity contribution in [2.45, 2.75) is 20.8 Å².